The minimum atomic E-state index is -3.60. The van der Waals surface area contributed by atoms with Crippen LogP contribution in [0, 0.1) is 0 Å². The van der Waals surface area contributed by atoms with Gasteiger partial charge in [-0.15, -0.1) is 0 Å². The second kappa shape index (κ2) is 9.67. The van der Waals surface area contributed by atoms with E-state index in [0.29, 0.717) is 30.9 Å². The van der Waals surface area contributed by atoms with Crippen molar-refractivity contribution in [1.29, 1.82) is 0 Å². The smallest absolute Gasteiger partial charge is 0.251 e. The highest BCUT2D eigenvalue weighted by atomic mass is 32.2. The van der Waals surface area contributed by atoms with E-state index in [1.807, 2.05) is 37.3 Å². The van der Waals surface area contributed by atoms with Crippen molar-refractivity contribution in [2.45, 2.75) is 43.5 Å². The third-order valence-electron chi connectivity index (χ3n) is 5.77. The lowest BCUT2D eigenvalue weighted by Gasteiger charge is -2.26. The van der Waals surface area contributed by atoms with Crippen molar-refractivity contribution in [2.24, 2.45) is 0 Å². The number of rotatable bonds is 7. The summed E-state index contributed by atoms with van der Waals surface area (Å²) in [6, 6.07) is 15.8. The van der Waals surface area contributed by atoms with Gasteiger partial charge in [0.2, 0.25) is 10.0 Å². The number of nitrogens with one attached hydrogen (secondary N) is 2. The lowest BCUT2D eigenvalue weighted by Crippen LogP contribution is -2.35. The molecule has 3 aromatic rings. The molecule has 0 radical (unpaired) electrons. The van der Waals surface area contributed by atoms with Gasteiger partial charge >= 0.3 is 0 Å². The van der Waals surface area contributed by atoms with E-state index in [1.54, 1.807) is 24.4 Å². The molecule has 0 aliphatic carbocycles. The quantitative estimate of drug-likeness (QED) is 0.563. The highest BCUT2D eigenvalue weighted by Gasteiger charge is 2.27. The summed E-state index contributed by atoms with van der Waals surface area (Å²) in [5.41, 5.74) is 2.21. The molecular formula is C24H28N4O3S. The zero-order valence-corrected chi connectivity index (χ0v) is 18.9. The van der Waals surface area contributed by atoms with E-state index in [0.717, 1.165) is 30.5 Å². The molecule has 4 rings (SSSR count). The molecule has 1 saturated heterocycles. The van der Waals surface area contributed by atoms with Crippen molar-refractivity contribution < 1.29 is 13.2 Å². The van der Waals surface area contributed by atoms with Crippen LogP contribution in [0.3, 0.4) is 0 Å². The molecule has 1 amide bonds. The molecule has 2 heterocycles. The maximum Gasteiger partial charge on any atom is 0.251 e. The SMILES string of the molecule is CCC(NC(=O)c1cccc(S(=O)(=O)N2CCCCC2)c1)c1ncc(-c2ccccc2)[nH]1. The molecule has 2 N–H and O–H groups in total. The van der Waals surface area contributed by atoms with Gasteiger partial charge in [-0.05, 0) is 43.0 Å². The number of amides is 1. The summed E-state index contributed by atoms with van der Waals surface area (Å²) in [7, 11) is -3.60. The Morgan fingerprint density at radius 1 is 1.09 bits per heavy atom. The van der Waals surface area contributed by atoms with Crippen molar-refractivity contribution in [2.75, 3.05) is 13.1 Å². The molecule has 7 nitrogen and oxygen atoms in total. The summed E-state index contributed by atoms with van der Waals surface area (Å²) >= 11 is 0. The summed E-state index contributed by atoms with van der Waals surface area (Å²) in [6.45, 7) is 3.02. The Hall–Kier alpha value is -2.97. The van der Waals surface area contributed by atoms with E-state index >= 15 is 0 Å². The van der Waals surface area contributed by atoms with Crippen LogP contribution in [0.4, 0.5) is 0 Å². The molecule has 1 aliphatic rings. The van der Waals surface area contributed by atoms with Crippen molar-refractivity contribution in [3.05, 3.63) is 72.2 Å². The Labute approximate surface area is 188 Å². The molecule has 2 aromatic carbocycles. The molecule has 1 atom stereocenters. The number of H-pyrrole nitrogens is 1. The third-order valence-corrected chi connectivity index (χ3v) is 7.67. The maximum atomic E-state index is 13.0. The molecule has 1 aliphatic heterocycles. The van der Waals surface area contributed by atoms with Crippen LogP contribution >= 0.6 is 0 Å². The molecule has 0 spiro atoms. The van der Waals surface area contributed by atoms with Crippen molar-refractivity contribution in [1.82, 2.24) is 19.6 Å². The second-order valence-electron chi connectivity index (χ2n) is 7.98. The molecule has 1 unspecified atom stereocenters. The van der Waals surface area contributed by atoms with Gasteiger partial charge < -0.3 is 10.3 Å². The first kappa shape index (κ1) is 22.2. The average Bonchev–Trinajstić information content (AvgIpc) is 3.34. The van der Waals surface area contributed by atoms with Gasteiger partial charge in [0, 0.05) is 18.7 Å². The molecule has 8 heteroatoms. The Bertz CT molecular complexity index is 1170. The van der Waals surface area contributed by atoms with E-state index in [4.69, 9.17) is 0 Å². The average molecular weight is 453 g/mol. The zero-order valence-electron chi connectivity index (χ0n) is 18.1. The predicted octanol–water partition coefficient (Wildman–Crippen LogP) is 4.13. The number of aromatic nitrogens is 2. The number of carbonyl (C=O) groups is 1. The summed E-state index contributed by atoms with van der Waals surface area (Å²) in [5, 5.41) is 2.98. The first-order valence-electron chi connectivity index (χ1n) is 11.0. The van der Waals surface area contributed by atoms with Gasteiger partial charge in [0.25, 0.3) is 5.91 Å². The van der Waals surface area contributed by atoms with E-state index in [1.165, 1.54) is 10.4 Å². The highest BCUT2D eigenvalue weighted by Crippen LogP contribution is 2.23. The topological polar surface area (TPSA) is 95.2 Å². The van der Waals surface area contributed by atoms with Crippen LogP contribution in [0.25, 0.3) is 11.3 Å². The fourth-order valence-corrected chi connectivity index (χ4v) is 5.50. The normalized spacial score (nSPS) is 15.9. The van der Waals surface area contributed by atoms with E-state index < -0.39 is 10.0 Å². The largest absolute Gasteiger partial charge is 0.342 e. The summed E-state index contributed by atoms with van der Waals surface area (Å²) < 4.78 is 27.5. The van der Waals surface area contributed by atoms with E-state index in [9.17, 15) is 13.2 Å². The van der Waals surface area contributed by atoms with Gasteiger partial charge in [-0.2, -0.15) is 4.31 Å². The van der Waals surface area contributed by atoms with Crippen LogP contribution < -0.4 is 5.32 Å². The Balaban J connectivity index is 1.51. The number of hydrogen-bond donors (Lipinski definition) is 2. The molecule has 168 valence electrons. The molecule has 32 heavy (non-hydrogen) atoms. The van der Waals surface area contributed by atoms with E-state index in [2.05, 4.69) is 15.3 Å². The minimum Gasteiger partial charge on any atom is -0.342 e. The summed E-state index contributed by atoms with van der Waals surface area (Å²) in [5.74, 6) is 0.335. The number of nitrogens with zero attached hydrogens (tertiary/aromatic N) is 2. The monoisotopic (exact) mass is 452 g/mol. The first-order chi connectivity index (χ1) is 15.5. The van der Waals surface area contributed by atoms with Crippen LogP contribution in [0.1, 0.15) is 54.8 Å². The van der Waals surface area contributed by atoms with E-state index in [-0.39, 0.29) is 16.8 Å². The fraction of sp³-hybridized carbons (Fsp3) is 0.333. The summed E-state index contributed by atoms with van der Waals surface area (Å²) in [4.78, 5) is 20.9. The third kappa shape index (κ3) is 4.76. The number of hydrogen-bond acceptors (Lipinski definition) is 4. The highest BCUT2D eigenvalue weighted by molar-refractivity contribution is 7.89. The van der Waals surface area contributed by atoms with Gasteiger partial charge in [-0.25, -0.2) is 13.4 Å². The predicted molar refractivity (Wildman–Crippen MR) is 124 cm³/mol. The molecule has 0 saturated carbocycles. The number of piperidine rings is 1. The Kier molecular flexibility index (Phi) is 6.72. The molecular weight excluding hydrogens is 424 g/mol. The fourth-order valence-electron chi connectivity index (χ4n) is 3.94. The summed E-state index contributed by atoms with van der Waals surface area (Å²) in [6.07, 6.45) is 5.17. The van der Waals surface area contributed by atoms with Crippen LogP contribution in [0.5, 0.6) is 0 Å². The van der Waals surface area contributed by atoms with Crippen LogP contribution in [0.2, 0.25) is 0 Å². The molecule has 0 bridgehead atoms. The number of carbonyl (C=O) groups excluding carboxylic acids is 1. The van der Waals surface area contributed by atoms with Gasteiger partial charge in [-0.3, -0.25) is 4.79 Å². The van der Waals surface area contributed by atoms with Gasteiger partial charge in [-0.1, -0.05) is 49.7 Å². The standard InChI is InChI=1S/C24H28N4O3S/c1-2-21(23-25-17-22(26-23)18-10-5-3-6-11-18)27-24(29)19-12-9-13-20(16-19)32(30,31)28-14-7-4-8-15-28/h3,5-6,9-13,16-17,21H,2,4,7-8,14-15H2,1H3,(H,25,26)(H,27,29). The van der Waals surface area contributed by atoms with Crippen LogP contribution in [-0.4, -0.2) is 41.7 Å². The minimum absolute atomic E-state index is 0.157. The number of benzene rings is 2. The van der Waals surface area contributed by atoms with Gasteiger partial charge in [0.1, 0.15) is 5.82 Å². The number of imidazole rings is 1. The van der Waals surface area contributed by atoms with Gasteiger partial charge in [0.05, 0.1) is 22.8 Å². The van der Waals surface area contributed by atoms with Crippen molar-refractivity contribution >= 4 is 15.9 Å². The zero-order chi connectivity index (χ0) is 22.6. The lowest BCUT2D eigenvalue weighted by molar-refractivity contribution is 0.0933. The Morgan fingerprint density at radius 3 is 2.56 bits per heavy atom. The molecule has 1 aromatic heterocycles. The molecule has 1 fully saturated rings. The number of aromatic amines is 1. The van der Waals surface area contributed by atoms with Crippen molar-refractivity contribution in [3.8, 4) is 11.3 Å². The van der Waals surface area contributed by atoms with Crippen LogP contribution in [-0.2, 0) is 10.0 Å². The maximum absolute atomic E-state index is 13.0. The number of sulfonamides is 1. The second-order valence-corrected chi connectivity index (χ2v) is 9.91. The first-order valence-corrected chi connectivity index (χ1v) is 12.4. The Morgan fingerprint density at radius 2 is 1.84 bits per heavy atom. The van der Waals surface area contributed by atoms with Gasteiger partial charge in [0.15, 0.2) is 0 Å². The van der Waals surface area contributed by atoms with Crippen LogP contribution in [0.15, 0.2) is 65.7 Å². The van der Waals surface area contributed by atoms with Crippen molar-refractivity contribution in [3.63, 3.8) is 0 Å². The lowest BCUT2D eigenvalue weighted by atomic mass is 10.1.